The SMILES string of the molecule is CCOC(=O)c1coc(N(C)CC(C)C)n1. The summed E-state index contributed by atoms with van der Waals surface area (Å²) in [4.78, 5) is 17.3. The van der Waals surface area contributed by atoms with Crippen molar-refractivity contribution in [1.29, 1.82) is 0 Å². The van der Waals surface area contributed by atoms with Crippen LogP contribution in [0.15, 0.2) is 10.7 Å². The van der Waals surface area contributed by atoms with Crippen molar-refractivity contribution in [2.45, 2.75) is 20.8 Å². The average molecular weight is 226 g/mol. The van der Waals surface area contributed by atoms with E-state index in [1.165, 1.54) is 6.26 Å². The molecule has 0 bridgehead atoms. The van der Waals surface area contributed by atoms with E-state index < -0.39 is 5.97 Å². The fourth-order valence-electron chi connectivity index (χ4n) is 1.36. The van der Waals surface area contributed by atoms with Crippen LogP contribution in [0.3, 0.4) is 0 Å². The quantitative estimate of drug-likeness (QED) is 0.718. The average Bonchev–Trinajstić information content (AvgIpc) is 2.65. The molecule has 1 aromatic rings. The summed E-state index contributed by atoms with van der Waals surface area (Å²) >= 11 is 0. The molecule has 0 saturated heterocycles. The van der Waals surface area contributed by atoms with Crippen molar-refractivity contribution in [2.24, 2.45) is 5.92 Å². The zero-order valence-corrected chi connectivity index (χ0v) is 10.2. The molecular formula is C11H18N2O3. The zero-order chi connectivity index (χ0) is 12.1. The number of ether oxygens (including phenoxy) is 1. The summed E-state index contributed by atoms with van der Waals surface area (Å²) < 4.78 is 10.0. The fourth-order valence-corrected chi connectivity index (χ4v) is 1.36. The van der Waals surface area contributed by atoms with Crippen molar-refractivity contribution in [1.82, 2.24) is 4.98 Å². The van der Waals surface area contributed by atoms with E-state index in [0.29, 0.717) is 18.5 Å². The highest BCUT2D eigenvalue weighted by atomic mass is 16.5. The topological polar surface area (TPSA) is 55.6 Å². The number of carbonyl (C=O) groups is 1. The number of oxazole rings is 1. The number of hydrogen-bond acceptors (Lipinski definition) is 5. The van der Waals surface area contributed by atoms with Crippen LogP contribution in [0.25, 0.3) is 0 Å². The molecule has 1 aromatic heterocycles. The Bertz CT molecular complexity index is 347. The van der Waals surface area contributed by atoms with Crippen LogP contribution in [0.1, 0.15) is 31.3 Å². The Balaban J connectivity index is 2.67. The molecule has 0 aliphatic carbocycles. The lowest BCUT2D eigenvalue weighted by Gasteiger charge is -2.16. The smallest absolute Gasteiger partial charge is 0.360 e. The van der Waals surface area contributed by atoms with Crippen molar-refractivity contribution in [3.63, 3.8) is 0 Å². The highest BCUT2D eigenvalue weighted by Gasteiger charge is 2.15. The van der Waals surface area contributed by atoms with Crippen molar-refractivity contribution in [3.05, 3.63) is 12.0 Å². The predicted molar refractivity (Wildman–Crippen MR) is 60.6 cm³/mol. The molecule has 0 aliphatic heterocycles. The van der Waals surface area contributed by atoms with E-state index in [-0.39, 0.29) is 5.69 Å². The molecule has 0 spiro atoms. The molecule has 1 heterocycles. The molecular weight excluding hydrogens is 208 g/mol. The number of carbonyl (C=O) groups excluding carboxylic acids is 1. The first-order valence-electron chi connectivity index (χ1n) is 5.38. The minimum atomic E-state index is -0.449. The molecule has 16 heavy (non-hydrogen) atoms. The molecule has 0 unspecified atom stereocenters. The lowest BCUT2D eigenvalue weighted by Crippen LogP contribution is -2.22. The van der Waals surface area contributed by atoms with Crippen LogP contribution in [0.4, 0.5) is 6.01 Å². The van der Waals surface area contributed by atoms with Crippen LogP contribution in [0.2, 0.25) is 0 Å². The van der Waals surface area contributed by atoms with Gasteiger partial charge in [-0.25, -0.2) is 4.79 Å². The Morgan fingerprint density at radius 3 is 2.88 bits per heavy atom. The third-order valence-electron chi connectivity index (χ3n) is 1.94. The summed E-state index contributed by atoms with van der Waals surface area (Å²) in [7, 11) is 1.88. The van der Waals surface area contributed by atoms with Gasteiger partial charge in [0.2, 0.25) is 0 Å². The van der Waals surface area contributed by atoms with Gasteiger partial charge < -0.3 is 14.1 Å². The van der Waals surface area contributed by atoms with Gasteiger partial charge >= 0.3 is 5.97 Å². The van der Waals surface area contributed by atoms with Crippen molar-refractivity contribution in [2.75, 3.05) is 25.1 Å². The molecule has 0 radical (unpaired) electrons. The Hall–Kier alpha value is -1.52. The first kappa shape index (κ1) is 12.5. The summed E-state index contributed by atoms with van der Waals surface area (Å²) in [6, 6.07) is 0.441. The summed E-state index contributed by atoms with van der Waals surface area (Å²) in [5.74, 6) is 0.0541. The molecule has 90 valence electrons. The van der Waals surface area contributed by atoms with Gasteiger partial charge in [-0.15, -0.1) is 0 Å². The molecule has 5 nitrogen and oxygen atoms in total. The van der Waals surface area contributed by atoms with E-state index in [9.17, 15) is 4.79 Å². The number of aromatic nitrogens is 1. The van der Waals surface area contributed by atoms with Crippen LogP contribution in [0.5, 0.6) is 0 Å². The van der Waals surface area contributed by atoms with Gasteiger partial charge in [-0.3, -0.25) is 0 Å². The van der Waals surface area contributed by atoms with Crippen LogP contribution >= 0.6 is 0 Å². The lowest BCUT2D eigenvalue weighted by molar-refractivity contribution is 0.0519. The van der Waals surface area contributed by atoms with E-state index >= 15 is 0 Å². The zero-order valence-electron chi connectivity index (χ0n) is 10.2. The van der Waals surface area contributed by atoms with Gasteiger partial charge in [0.1, 0.15) is 6.26 Å². The minimum absolute atomic E-state index is 0.215. The summed E-state index contributed by atoms with van der Waals surface area (Å²) in [5.41, 5.74) is 0.215. The van der Waals surface area contributed by atoms with E-state index in [4.69, 9.17) is 9.15 Å². The molecule has 1 rings (SSSR count). The fraction of sp³-hybridized carbons (Fsp3) is 0.636. The third-order valence-corrected chi connectivity index (χ3v) is 1.94. The number of rotatable bonds is 5. The molecule has 0 aliphatic rings. The monoisotopic (exact) mass is 226 g/mol. The molecule has 0 fully saturated rings. The Morgan fingerprint density at radius 1 is 1.62 bits per heavy atom. The maximum atomic E-state index is 11.3. The summed E-state index contributed by atoms with van der Waals surface area (Å²) in [6.07, 6.45) is 1.32. The van der Waals surface area contributed by atoms with Gasteiger partial charge in [-0.2, -0.15) is 4.98 Å². The molecule has 0 saturated carbocycles. The number of nitrogens with zero attached hydrogens (tertiary/aromatic N) is 2. The molecule has 5 heteroatoms. The highest BCUT2D eigenvalue weighted by Crippen LogP contribution is 2.14. The summed E-state index contributed by atoms with van der Waals surface area (Å²) in [6.45, 7) is 7.12. The van der Waals surface area contributed by atoms with Gasteiger partial charge in [0.05, 0.1) is 6.61 Å². The van der Waals surface area contributed by atoms with Crippen molar-refractivity contribution in [3.8, 4) is 0 Å². The number of hydrogen-bond donors (Lipinski definition) is 0. The first-order chi connectivity index (χ1) is 7.54. The second-order valence-corrected chi connectivity index (χ2v) is 4.01. The standard InChI is InChI=1S/C11H18N2O3/c1-5-15-10(14)9-7-16-11(12-9)13(4)6-8(2)3/h7-8H,5-6H2,1-4H3. The van der Waals surface area contributed by atoms with E-state index in [0.717, 1.165) is 6.54 Å². The second kappa shape index (κ2) is 5.53. The molecule has 0 N–H and O–H groups in total. The number of anilines is 1. The van der Waals surface area contributed by atoms with E-state index in [1.54, 1.807) is 6.92 Å². The summed E-state index contributed by atoms with van der Waals surface area (Å²) in [5, 5.41) is 0. The van der Waals surface area contributed by atoms with Crippen LogP contribution in [-0.2, 0) is 4.74 Å². The molecule has 0 aromatic carbocycles. The maximum absolute atomic E-state index is 11.3. The van der Waals surface area contributed by atoms with Gasteiger partial charge in [0, 0.05) is 13.6 Å². The van der Waals surface area contributed by atoms with Crippen LogP contribution in [0, 0.1) is 5.92 Å². The van der Waals surface area contributed by atoms with Gasteiger partial charge in [0.15, 0.2) is 5.69 Å². The first-order valence-corrected chi connectivity index (χ1v) is 5.38. The maximum Gasteiger partial charge on any atom is 0.360 e. The lowest BCUT2D eigenvalue weighted by atomic mass is 10.2. The van der Waals surface area contributed by atoms with Crippen molar-refractivity contribution < 1.29 is 13.9 Å². The molecule has 0 atom stereocenters. The second-order valence-electron chi connectivity index (χ2n) is 4.01. The van der Waals surface area contributed by atoms with Gasteiger partial charge in [-0.05, 0) is 12.8 Å². The Morgan fingerprint density at radius 2 is 2.31 bits per heavy atom. The molecule has 0 amide bonds. The highest BCUT2D eigenvalue weighted by molar-refractivity contribution is 5.87. The van der Waals surface area contributed by atoms with Crippen molar-refractivity contribution >= 4 is 12.0 Å². The van der Waals surface area contributed by atoms with E-state index in [2.05, 4.69) is 18.8 Å². The van der Waals surface area contributed by atoms with E-state index in [1.807, 2.05) is 11.9 Å². The Kier molecular flexibility index (Phi) is 4.34. The van der Waals surface area contributed by atoms with Gasteiger partial charge in [-0.1, -0.05) is 13.8 Å². The Labute approximate surface area is 95.4 Å². The van der Waals surface area contributed by atoms with Crippen LogP contribution < -0.4 is 4.90 Å². The largest absolute Gasteiger partial charge is 0.461 e. The normalized spacial score (nSPS) is 10.6. The van der Waals surface area contributed by atoms with Crippen LogP contribution in [-0.4, -0.2) is 31.2 Å². The predicted octanol–water partition coefficient (Wildman–Crippen LogP) is 1.94. The minimum Gasteiger partial charge on any atom is -0.461 e. The number of esters is 1. The third kappa shape index (κ3) is 3.25. The van der Waals surface area contributed by atoms with Gasteiger partial charge in [0.25, 0.3) is 6.01 Å².